The summed E-state index contributed by atoms with van der Waals surface area (Å²) in [6.07, 6.45) is 4.75. The highest BCUT2D eigenvalue weighted by Gasteiger charge is 2.26. The molecule has 15 heavy (non-hydrogen) atoms. The molecule has 1 unspecified atom stereocenters. The van der Waals surface area contributed by atoms with Gasteiger partial charge in [0, 0.05) is 23.3 Å². The third-order valence-corrected chi connectivity index (χ3v) is 3.23. The summed E-state index contributed by atoms with van der Waals surface area (Å²) in [5.41, 5.74) is 0. The second-order valence-electron chi connectivity index (χ2n) is 3.72. The maximum absolute atomic E-state index is 5.69. The summed E-state index contributed by atoms with van der Waals surface area (Å²) in [5, 5.41) is 0. The fourth-order valence-electron chi connectivity index (χ4n) is 1.76. The monoisotopic (exact) mass is 270 g/mol. The normalized spacial score (nSPS) is 21.1. The van der Waals surface area contributed by atoms with Crippen molar-refractivity contribution in [2.75, 3.05) is 19.7 Å². The molecule has 1 atom stereocenters. The summed E-state index contributed by atoms with van der Waals surface area (Å²) >= 11 is 3.37. The molecule has 0 N–H and O–H groups in total. The van der Waals surface area contributed by atoms with E-state index in [1.54, 1.807) is 12.4 Å². The maximum Gasteiger partial charge on any atom is 0.138 e. The molecule has 2 heterocycles. The van der Waals surface area contributed by atoms with Gasteiger partial charge in [-0.25, -0.2) is 0 Å². The minimum atomic E-state index is 0.592. The predicted molar refractivity (Wildman–Crippen MR) is 63.1 cm³/mol. The van der Waals surface area contributed by atoms with E-state index in [2.05, 4.69) is 32.7 Å². The molecule has 1 fully saturated rings. The van der Waals surface area contributed by atoms with Gasteiger partial charge in [-0.2, -0.15) is 0 Å². The van der Waals surface area contributed by atoms with Crippen molar-refractivity contribution in [2.24, 2.45) is 0 Å². The van der Waals surface area contributed by atoms with E-state index in [0.717, 1.165) is 23.4 Å². The van der Waals surface area contributed by atoms with Crippen molar-refractivity contribution in [3.63, 3.8) is 0 Å². The largest absolute Gasteiger partial charge is 0.490 e. The quantitative estimate of drug-likeness (QED) is 0.840. The molecule has 4 heteroatoms. The highest BCUT2D eigenvalue weighted by atomic mass is 79.9. The number of pyridine rings is 1. The van der Waals surface area contributed by atoms with Gasteiger partial charge in [-0.1, -0.05) is 6.92 Å². The zero-order valence-corrected chi connectivity index (χ0v) is 10.4. The van der Waals surface area contributed by atoms with Crippen LogP contribution in [0, 0.1) is 0 Å². The van der Waals surface area contributed by atoms with Crippen molar-refractivity contribution >= 4 is 15.9 Å². The number of ether oxygens (including phenoxy) is 1. The molecule has 0 radical (unpaired) electrons. The second-order valence-corrected chi connectivity index (χ2v) is 4.64. The summed E-state index contributed by atoms with van der Waals surface area (Å²) < 4.78 is 6.65. The van der Waals surface area contributed by atoms with Gasteiger partial charge in [0.1, 0.15) is 12.4 Å². The lowest BCUT2D eigenvalue weighted by Crippen LogP contribution is -2.50. The van der Waals surface area contributed by atoms with Crippen LogP contribution in [0.25, 0.3) is 0 Å². The number of aromatic nitrogens is 1. The number of hydrogen-bond acceptors (Lipinski definition) is 3. The average Bonchev–Trinajstić information content (AvgIpc) is 2.17. The molecule has 82 valence electrons. The van der Waals surface area contributed by atoms with E-state index < -0.39 is 0 Å². The van der Waals surface area contributed by atoms with Crippen molar-refractivity contribution in [3.05, 3.63) is 22.9 Å². The Morgan fingerprint density at radius 2 is 2.47 bits per heavy atom. The summed E-state index contributed by atoms with van der Waals surface area (Å²) in [6, 6.07) is 2.54. The Morgan fingerprint density at radius 3 is 3.07 bits per heavy atom. The molecule has 0 amide bonds. The molecule has 3 nitrogen and oxygen atoms in total. The van der Waals surface area contributed by atoms with Crippen LogP contribution in [0.15, 0.2) is 22.9 Å². The fourth-order valence-corrected chi connectivity index (χ4v) is 2.11. The molecule has 0 saturated carbocycles. The van der Waals surface area contributed by atoms with E-state index in [0.29, 0.717) is 6.04 Å². The number of likely N-dealkylation sites (N-methyl/N-ethyl adjacent to an activating group) is 1. The molecule has 0 bridgehead atoms. The van der Waals surface area contributed by atoms with E-state index in [1.807, 2.05) is 6.07 Å². The highest BCUT2D eigenvalue weighted by Crippen LogP contribution is 2.20. The molecule has 0 aliphatic carbocycles. The summed E-state index contributed by atoms with van der Waals surface area (Å²) in [4.78, 5) is 6.48. The SMILES string of the molecule is CCN1CCC1COc1cncc(Br)c1. The smallest absolute Gasteiger partial charge is 0.138 e. The maximum atomic E-state index is 5.69. The van der Waals surface area contributed by atoms with Gasteiger partial charge in [-0.05, 0) is 35.0 Å². The minimum absolute atomic E-state index is 0.592. The number of nitrogens with zero attached hydrogens (tertiary/aromatic N) is 2. The van der Waals surface area contributed by atoms with Gasteiger partial charge >= 0.3 is 0 Å². The number of halogens is 1. The Hall–Kier alpha value is -0.610. The van der Waals surface area contributed by atoms with Crippen LogP contribution in [-0.2, 0) is 0 Å². The minimum Gasteiger partial charge on any atom is -0.490 e. The Labute approximate surface area is 98.6 Å². The summed E-state index contributed by atoms with van der Waals surface area (Å²) in [7, 11) is 0. The van der Waals surface area contributed by atoms with Crippen molar-refractivity contribution in [3.8, 4) is 5.75 Å². The Morgan fingerprint density at radius 1 is 1.60 bits per heavy atom. The third kappa shape index (κ3) is 2.69. The molecule has 1 aliphatic heterocycles. The topological polar surface area (TPSA) is 25.4 Å². The third-order valence-electron chi connectivity index (χ3n) is 2.79. The summed E-state index contributed by atoms with van der Waals surface area (Å²) in [6.45, 7) is 5.28. The molecular weight excluding hydrogens is 256 g/mol. The Bertz CT molecular complexity index is 330. The lowest BCUT2D eigenvalue weighted by Gasteiger charge is -2.39. The van der Waals surface area contributed by atoms with Crippen LogP contribution in [0.1, 0.15) is 13.3 Å². The van der Waals surface area contributed by atoms with Crippen LogP contribution >= 0.6 is 15.9 Å². The molecule has 0 spiro atoms. The second kappa shape index (κ2) is 4.94. The van der Waals surface area contributed by atoms with Gasteiger partial charge in [0.2, 0.25) is 0 Å². The molecule has 1 aromatic rings. The average molecular weight is 271 g/mol. The van der Waals surface area contributed by atoms with Gasteiger partial charge < -0.3 is 4.74 Å². The first-order valence-electron chi connectivity index (χ1n) is 5.27. The van der Waals surface area contributed by atoms with Gasteiger partial charge in [0.25, 0.3) is 0 Å². The van der Waals surface area contributed by atoms with E-state index in [1.165, 1.54) is 13.0 Å². The lowest BCUT2D eigenvalue weighted by atomic mass is 10.1. The summed E-state index contributed by atoms with van der Waals surface area (Å²) in [5.74, 6) is 0.840. The van der Waals surface area contributed by atoms with Gasteiger partial charge in [0.05, 0.1) is 6.20 Å². The predicted octanol–water partition coefficient (Wildman–Crippen LogP) is 2.32. The van der Waals surface area contributed by atoms with Crippen LogP contribution < -0.4 is 4.74 Å². The van der Waals surface area contributed by atoms with Crippen LogP contribution in [0.3, 0.4) is 0 Å². The van der Waals surface area contributed by atoms with Crippen molar-refractivity contribution in [1.29, 1.82) is 0 Å². The van der Waals surface area contributed by atoms with Crippen LogP contribution in [0.2, 0.25) is 0 Å². The number of hydrogen-bond donors (Lipinski definition) is 0. The van der Waals surface area contributed by atoms with Crippen molar-refractivity contribution < 1.29 is 4.74 Å². The first kappa shape index (κ1) is 10.9. The van der Waals surface area contributed by atoms with Gasteiger partial charge in [0.15, 0.2) is 0 Å². The zero-order valence-electron chi connectivity index (χ0n) is 8.82. The van der Waals surface area contributed by atoms with E-state index in [9.17, 15) is 0 Å². The molecule has 1 aromatic heterocycles. The highest BCUT2D eigenvalue weighted by molar-refractivity contribution is 9.10. The van der Waals surface area contributed by atoms with Crippen LogP contribution in [0.5, 0.6) is 5.75 Å². The number of likely N-dealkylation sites (tertiary alicyclic amines) is 1. The molecule has 1 saturated heterocycles. The van der Waals surface area contributed by atoms with E-state index >= 15 is 0 Å². The lowest BCUT2D eigenvalue weighted by molar-refractivity contribution is 0.0559. The molecular formula is C11H15BrN2O. The first-order chi connectivity index (χ1) is 7.29. The van der Waals surface area contributed by atoms with E-state index in [4.69, 9.17) is 4.74 Å². The standard InChI is InChI=1S/C11H15BrN2O/c1-2-14-4-3-10(14)8-15-11-5-9(12)6-13-7-11/h5-7,10H,2-4,8H2,1H3. The van der Waals surface area contributed by atoms with Crippen molar-refractivity contribution in [2.45, 2.75) is 19.4 Å². The zero-order chi connectivity index (χ0) is 10.7. The molecule has 1 aliphatic rings. The van der Waals surface area contributed by atoms with Gasteiger partial charge in [-0.15, -0.1) is 0 Å². The fraction of sp³-hybridized carbons (Fsp3) is 0.545. The van der Waals surface area contributed by atoms with Crippen LogP contribution in [0.4, 0.5) is 0 Å². The Kier molecular flexibility index (Phi) is 3.59. The molecule has 2 rings (SSSR count). The van der Waals surface area contributed by atoms with E-state index in [-0.39, 0.29) is 0 Å². The van der Waals surface area contributed by atoms with Crippen molar-refractivity contribution in [1.82, 2.24) is 9.88 Å². The first-order valence-corrected chi connectivity index (χ1v) is 6.06. The number of rotatable bonds is 4. The van der Waals surface area contributed by atoms with Gasteiger partial charge in [-0.3, -0.25) is 9.88 Å². The Balaban J connectivity index is 1.83. The van der Waals surface area contributed by atoms with Crippen LogP contribution in [-0.4, -0.2) is 35.6 Å². The molecule has 0 aromatic carbocycles.